The lowest BCUT2D eigenvalue weighted by atomic mass is 10.1. The summed E-state index contributed by atoms with van der Waals surface area (Å²) in [5.41, 5.74) is 1.29. The van der Waals surface area contributed by atoms with Gasteiger partial charge in [0.25, 0.3) is 0 Å². The fourth-order valence-corrected chi connectivity index (χ4v) is 1.44. The van der Waals surface area contributed by atoms with E-state index in [9.17, 15) is 0 Å². The highest BCUT2D eigenvalue weighted by atomic mass is 16.5. The summed E-state index contributed by atoms with van der Waals surface area (Å²) in [4.78, 5) is 0. The minimum Gasteiger partial charge on any atom is -0.493 e. The minimum absolute atomic E-state index is 0.821. The zero-order chi connectivity index (χ0) is 10.9. The fraction of sp³-hybridized carbons (Fsp3) is 0.429. The van der Waals surface area contributed by atoms with Crippen LogP contribution in [0.4, 0.5) is 0 Å². The number of para-hydroxylation sites is 1. The van der Waals surface area contributed by atoms with Crippen molar-refractivity contribution < 1.29 is 4.74 Å². The van der Waals surface area contributed by atoms with Gasteiger partial charge in [-0.15, -0.1) is 6.58 Å². The summed E-state index contributed by atoms with van der Waals surface area (Å²) in [5, 5.41) is 0. The summed E-state index contributed by atoms with van der Waals surface area (Å²) in [7, 11) is 0. The van der Waals surface area contributed by atoms with Gasteiger partial charge in [0, 0.05) is 0 Å². The Morgan fingerprint density at radius 2 is 2.13 bits per heavy atom. The van der Waals surface area contributed by atoms with Crippen molar-refractivity contribution in [2.45, 2.75) is 32.6 Å². The first kappa shape index (κ1) is 11.8. The molecule has 0 saturated heterocycles. The van der Waals surface area contributed by atoms with Crippen LogP contribution in [0.2, 0.25) is 0 Å². The third-order valence-corrected chi connectivity index (χ3v) is 2.35. The molecular weight excluding hydrogens is 184 g/mol. The van der Waals surface area contributed by atoms with Crippen molar-refractivity contribution >= 4 is 0 Å². The van der Waals surface area contributed by atoms with Gasteiger partial charge in [0.2, 0.25) is 0 Å². The number of unbranched alkanes of at least 4 members (excludes halogenated alkanes) is 1. The molecule has 1 heteroatoms. The van der Waals surface area contributed by atoms with Crippen LogP contribution >= 0.6 is 0 Å². The summed E-state index contributed by atoms with van der Waals surface area (Å²) < 4.78 is 5.74. The zero-order valence-electron chi connectivity index (χ0n) is 9.54. The van der Waals surface area contributed by atoms with Crippen LogP contribution in [0, 0.1) is 0 Å². The maximum absolute atomic E-state index is 5.74. The summed E-state index contributed by atoms with van der Waals surface area (Å²) in [6.45, 7) is 6.73. The molecule has 1 aromatic carbocycles. The highest BCUT2D eigenvalue weighted by molar-refractivity contribution is 5.33. The quantitative estimate of drug-likeness (QED) is 0.482. The van der Waals surface area contributed by atoms with Crippen LogP contribution in [0.1, 0.15) is 31.7 Å². The lowest BCUT2D eigenvalue weighted by molar-refractivity contribution is 0.306. The van der Waals surface area contributed by atoms with E-state index in [0.29, 0.717) is 0 Å². The van der Waals surface area contributed by atoms with Gasteiger partial charge in [0.1, 0.15) is 5.75 Å². The number of benzene rings is 1. The average Bonchev–Trinajstić information content (AvgIpc) is 2.28. The van der Waals surface area contributed by atoms with Crippen molar-refractivity contribution in [1.29, 1.82) is 0 Å². The molecule has 15 heavy (non-hydrogen) atoms. The molecule has 82 valence electrons. The Morgan fingerprint density at radius 1 is 1.33 bits per heavy atom. The maximum atomic E-state index is 5.74. The Kier molecular flexibility index (Phi) is 5.60. The topological polar surface area (TPSA) is 9.23 Å². The van der Waals surface area contributed by atoms with Gasteiger partial charge in [0.15, 0.2) is 0 Å². The van der Waals surface area contributed by atoms with Crippen LogP contribution in [0.5, 0.6) is 5.75 Å². The molecule has 0 N–H and O–H groups in total. The van der Waals surface area contributed by atoms with E-state index in [2.05, 4.69) is 25.6 Å². The van der Waals surface area contributed by atoms with Gasteiger partial charge in [-0.1, -0.05) is 37.6 Å². The Bertz CT molecular complexity index is 291. The van der Waals surface area contributed by atoms with Gasteiger partial charge in [-0.25, -0.2) is 0 Å². The molecule has 0 spiro atoms. The molecule has 0 aliphatic carbocycles. The third-order valence-electron chi connectivity index (χ3n) is 2.35. The normalized spacial score (nSPS) is 9.93. The van der Waals surface area contributed by atoms with E-state index in [1.165, 1.54) is 12.0 Å². The molecule has 1 rings (SSSR count). The molecule has 0 unspecified atom stereocenters. The van der Waals surface area contributed by atoms with E-state index in [-0.39, 0.29) is 0 Å². The summed E-state index contributed by atoms with van der Waals surface area (Å²) in [5.74, 6) is 1.04. The number of aryl methyl sites for hydroxylation is 1. The summed E-state index contributed by atoms with van der Waals surface area (Å²) >= 11 is 0. The van der Waals surface area contributed by atoms with E-state index in [1.807, 2.05) is 18.2 Å². The lowest BCUT2D eigenvalue weighted by Crippen LogP contribution is -1.99. The lowest BCUT2D eigenvalue weighted by Gasteiger charge is -2.10. The monoisotopic (exact) mass is 204 g/mol. The predicted molar refractivity (Wildman–Crippen MR) is 65.4 cm³/mol. The second-order valence-corrected chi connectivity index (χ2v) is 3.64. The molecule has 0 atom stereocenters. The maximum Gasteiger partial charge on any atom is 0.122 e. The Labute approximate surface area is 92.8 Å². The Balaban J connectivity index is 2.55. The smallest absolute Gasteiger partial charge is 0.122 e. The number of hydrogen-bond donors (Lipinski definition) is 0. The SMILES string of the molecule is C=CCCc1ccccc1OCCCC. The first-order valence-corrected chi connectivity index (χ1v) is 5.70. The summed E-state index contributed by atoms with van der Waals surface area (Å²) in [6, 6.07) is 8.27. The second-order valence-electron chi connectivity index (χ2n) is 3.64. The molecule has 0 aromatic heterocycles. The van der Waals surface area contributed by atoms with Crippen molar-refractivity contribution in [2.24, 2.45) is 0 Å². The Morgan fingerprint density at radius 3 is 2.87 bits per heavy atom. The number of allylic oxidation sites excluding steroid dienone is 1. The van der Waals surface area contributed by atoms with Crippen molar-refractivity contribution in [3.8, 4) is 5.75 Å². The first-order chi connectivity index (χ1) is 7.38. The predicted octanol–water partition coefficient (Wildman–Crippen LogP) is 3.98. The van der Waals surface area contributed by atoms with Crippen LogP contribution in [0.25, 0.3) is 0 Å². The molecule has 1 nitrogen and oxygen atoms in total. The minimum atomic E-state index is 0.821. The van der Waals surface area contributed by atoms with E-state index in [4.69, 9.17) is 4.74 Å². The van der Waals surface area contributed by atoms with Gasteiger partial charge in [0.05, 0.1) is 6.61 Å². The molecule has 0 heterocycles. The van der Waals surface area contributed by atoms with Crippen molar-refractivity contribution in [3.63, 3.8) is 0 Å². The van der Waals surface area contributed by atoms with Crippen molar-refractivity contribution in [3.05, 3.63) is 42.5 Å². The van der Waals surface area contributed by atoms with E-state index >= 15 is 0 Å². The standard InChI is InChI=1S/C14H20O/c1-3-5-9-13-10-7-8-11-14(13)15-12-6-4-2/h3,7-8,10-11H,1,4-6,9,12H2,2H3. The van der Waals surface area contributed by atoms with Crippen molar-refractivity contribution in [2.75, 3.05) is 6.61 Å². The van der Waals surface area contributed by atoms with Crippen LogP contribution in [0.3, 0.4) is 0 Å². The molecule has 0 saturated carbocycles. The number of rotatable bonds is 7. The molecule has 1 aromatic rings. The molecule has 0 aliphatic rings. The highest BCUT2D eigenvalue weighted by Gasteiger charge is 2.00. The van der Waals surface area contributed by atoms with Crippen LogP contribution in [-0.4, -0.2) is 6.61 Å². The van der Waals surface area contributed by atoms with Crippen LogP contribution < -0.4 is 4.74 Å². The Hall–Kier alpha value is -1.24. The first-order valence-electron chi connectivity index (χ1n) is 5.70. The van der Waals surface area contributed by atoms with Gasteiger partial charge in [-0.3, -0.25) is 0 Å². The largest absolute Gasteiger partial charge is 0.493 e. The summed E-state index contributed by atoms with van der Waals surface area (Å²) in [6.07, 6.45) is 6.27. The van der Waals surface area contributed by atoms with Gasteiger partial charge < -0.3 is 4.74 Å². The molecule has 0 aliphatic heterocycles. The number of ether oxygens (including phenoxy) is 1. The zero-order valence-corrected chi connectivity index (χ0v) is 9.54. The third kappa shape index (κ3) is 4.20. The van der Waals surface area contributed by atoms with E-state index in [0.717, 1.165) is 31.6 Å². The van der Waals surface area contributed by atoms with Gasteiger partial charge in [-0.05, 0) is 30.9 Å². The average molecular weight is 204 g/mol. The van der Waals surface area contributed by atoms with Gasteiger partial charge in [-0.2, -0.15) is 0 Å². The molecule has 0 bridgehead atoms. The molecule has 0 fully saturated rings. The van der Waals surface area contributed by atoms with Crippen molar-refractivity contribution in [1.82, 2.24) is 0 Å². The molecule has 0 amide bonds. The fourth-order valence-electron chi connectivity index (χ4n) is 1.44. The number of hydrogen-bond acceptors (Lipinski definition) is 1. The van der Waals surface area contributed by atoms with E-state index < -0.39 is 0 Å². The van der Waals surface area contributed by atoms with Crippen LogP contribution in [0.15, 0.2) is 36.9 Å². The highest BCUT2D eigenvalue weighted by Crippen LogP contribution is 2.19. The molecule has 0 radical (unpaired) electrons. The van der Waals surface area contributed by atoms with E-state index in [1.54, 1.807) is 0 Å². The second kappa shape index (κ2) is 7.10. The van der Waals surface area contributed by atoms with Gasteiger partial charge >= 0.3 is 0 Å². The molecular formula is C14H20O. The van der Waals surface area contributed by atoms with Crippen LogP contribution in [-0.2, 0) is 6.42 Å².